The number of hydrogen-bond donors (Lipinski definition) is 2. The summed E-state index contributed by atoms with van der Waals surface area (Å²) in [6, 6.07) is 2.14. The first-order valence-corrected chi connectivity index (χ1v) is 5.64. The zero-order chi connectivity index (χ0) is 11.5. The molecule has 5 nitrogen and oxygen atoms in total. The van der Waals surface area contributed by atoms with Crippen molar-refractivity contribution >= 4 is 18.3 Å². The van der Waals surface area contributed by atoms with Gasteiger partial charge in [0.1, 0.15) is 5.76 Å². The second-order valence-corrected chi connectivity index (χ2v) is 4.29. The molecule has 1 aromatic rings. The average molecular weight is 260 g/mol. The molecule has 1 fully saturated rings. The van der Waals surface area contributed by atoms with Gasteiger partial charge in [0, 0.05) is 18.2 Å². The number of amides is 1. The summed E-state index contributed by atoms with van der Waals surface area (Å²) in [5, 5.41) is 10.0. The van der Waals surface area contributed by atoms with Crippen LogP contribution in [-0.4, -0.2) is 29.7 Å². The smallest absolute Gasteiger partial charge is 0.273 e. The fourth-order valence-corrected chi connectivity index (χ4v) is 1.96. The molecule has 0 saturated carbocycles. The van der Waals surface area contributed by atoms with Crippen LogP contribution < -0.4 is 10.6 Å². The van der Waals surface area contributed by atoms with Gasteiger partial charge in [-0.2, -0.15) is 0 Å². The van der Waals surface area contributed by atoms with E-state index in [1.807, 2.05) is 0 Å². The molecule has 2 heterocycles. The Hall–Kier alpha value is -1.07. The van der Waals surface area contributed by atoms with Crippen LogP contribution in [0.15, 0.2) is 10.6 Å². The fraction of sp³-hybridized carbons (Fsp3) is 0.636. The van der Waals surface area contributed by atoms with E-state index in [1.165, 1.54) is 0 Å². The highest BCUT2D eigenvalue weighted by Crippen LogP contribution is 2.09. The molecule has 1 aromatic heterocycles. The number of piperidine rings is 1. The van der Waals surface area contributed by atoms with E-state index in [0.717, 1.165) is 19.4 Å². The number of carbonyl (C=O) groups excluding carboxylic acids is 1. The molecule has 0 spiro atoms. The summed E-state index contributed by atoms with van der Waals surface area (Å²) in [5.41, 5.74) is 0.357. The van der Waals surface area contributed by atoms with Crippen LogP contribution >= 0.6 is 12.4 Å². The fourth-order valence-electron chi connectivity index (χ4n) is 1.96. The predicted molar refractivity (Wildman–Crippen MR) is 66.4 cm³/mol. The van der Waals surface area contributed by atoms with Crippen LogP contribution in [0.5, 0.6) is 0 Å². The lowest BCUT2D eigenvalue weighted by Gasteiger charge is -2.30. The van der Waals surface area contributed by atoms with Crippen molar-refractivity contribution in [3.63, 3.8) is 0 Å². The largest absolute Gasteiger partial charge is 0.361 e. The molecule has 1 saturated heterocycles. The summed E-state index contributed by atoms with van der Waals surface area (Å²) < 4.78 is 4.88. The molecule has 2 N–H and O–H groups in total. The number of rotatable bonds is 2. The number of nitrogens with zero attached hydrogens (tertiary/aromatic N) is 1. The van der Waals surface area contributed by atoms with Gasteiger partial charge in [0.15, 0.2) is 5.69 Å². The van der Waals surface area contributed by atoms with Crippen molar-refractivity contribution < 1.29 is 9.32 Å². The Morgan fingerprint density at radius 2 is 2.41 bits per heavy atom. The second-order valence-electron chi connectivity index (χ2n) is 4.29. The number of aryl methyl sites for hydroxylation is 1. The van der Waals surface area contributed by atoms with E-state index < -0.39 is 0 Å². The first-order valence-electron chi connectivity index (χ1n) is 5.64. The third kappa shape index (κ3) is 3.44. The summed E-state index contributed by atoms with van der Waals surface area (Å²) >= 11 is 0. The van der Waals surface area contributed by atoms with E-state index in [4.69, 9.17) is 4.52 Å². The molecular weight excluding hydrogens is 242 g/mol. The molecular formula is C11H18ClN3O2. The third-order valence-corrected chi connectivity index (χ3v) is 2.94. The van der Waals surface area contributed by atoms with Gasteiger partial charge < -0.3 is 15.2 Å². The van der Waals surface area contributed by atoms with Crippen molar-refractivity contribution in [1.29, 1.82) is 0 Å². The monoisotopic (exact) mass is 259 g/mol. The summed E-state index contributed by atoms with van der Waals surface area (Å²) in [7, 11) is 0. The standard InChI is InChI=1S/C11H17N3O2.ClH/c1-7-6-10(14-16-7)11(15)13-9-4-3-5-12-8(9)2;/h6,8-9,12H,3-5H2,1-2H3,(H,13,15);1H. The highest BCUT2D eigenvalue weighted by molar-refractivity contribution is 5.92. The van der Waals surface area contributed by atoms with Gasteiger partial charge >= 0.3 is 0 Å². The molecule has 2 atom stereocenters. The van der Waals surface area contributed by atoms with Crippen LogP contribution in [0.3, 0.4) is 0 Å². The highest BCUT2D eigenvalue weighted by atomic mass is 35.5. The number of hydrogen-bond acceptors (Lipinski definition) is 4. The minimum absolute atomic E-state index is 0. The Bertz CT molecular complexity index is 381. The van der Waals surface area contributed by atoms with Crippen LogP contribution in [0.25, 0.3) is 0 Å². The topological polar surface area (TPSA) is 67.2 Å². The number of nitrogens with one attached hydrogen (secondary N) is 2. The van der Waals surface area contributed by atoms with Gasteiger partial charge in [-0.1, -0.05) is 5.16 Å². The minimum Gasteiger partial charge on any atom is -0.361 e. The molecule has 1 aliphatic rings. The normalized spacial score (nSPS) is 23.9. The summed E-state index contributed by atoms with van der Waals surface area (Å²) in [6.07, 6.45) is 2.10. The summed E-state index contributed by atoms with van der Waals surface area (Å²) in [6.45, 7) is 4.88. The molecule has 0 aliphatic carbocycles. The average Bonchev–Trinajstić information content (AvgIpc) is 2.68. The lowest BCUT2D eigenvalue weighted by Crippen LogP contribution is -2.51. The maximum absolute atomic E-state index is 11.8. The van der Waals surface area contributed by atoms with Gasteiger partial charge in [-0.05, 0) is 33.2 Å². The van der Waals surface area contributed by atoms with E-state index in [1.54, 1.807) is 13.0 Å². The number of aromatic nitrogens is 1. The van der Waals surface area contributed by atoms with E-state index in [2.05, 4.69) is 22.7 Å². The van der Waals surface area contributed by atoms with E-state index in [9.17, 15) is 4.79 Å². The van der Waals surface area contributed by atoms with Crippen molar-refractivity contribution in [3.05, 3.63) is 17.5 Å². The Labute approximate surface area is 107 Å². The first kappa shape index (κ1) is 14.0. The van der Waals surface area contributed by atoms with Crippen LogP contribution in [0.2, 0.25) is 0 Å². The molecule has 96 valence electrons. The van der Waals surface area contributed by atoms with Crippen molar-refractivity contribution in [2.75, 3.05) is 6.54 Å². The molecule has 1 aliphatic heterocycles. The van der Waals surface area contributed by atoms with Gasteiger partial charge in [0.2, 0.25) is 0 Å². The Balaban J connectivity index is 0.00000144. The number of carbonyl (C=O) groups is 1. The zero-order valence-electron chi connectivity index (χ0n) is 10.0. The van der Waals surface area contributed by atoms with Crippen molar-refractivity contribution in [3.8, 4) is 0 Å². The van der Waals surface area contributed by atoms with Gasteiger partial charge in [0.25, 0.3) is 5.91 Å². The van der Waals surface area contributed by atoms with E-state index in [0.29, 0.717) is 17.5 Å². The molecule has 0 bridgehead atoms. The second kappa shape index (κ2) is 6.02. The first-order chi connectivity index (χ1) is 7.66. The van der Waals surface area contributed by atoms with Crippen LogP contribution in [-0.2, 0) is 0 Å². The predicted octanol–water partition coefficient (Wildman–Crippen LogP) is 1.28. The molecule has 1 amide bonds. The van der Waals surface area contributed by atoms with Gasteiger partial charge in [-0.3, -0.25) is 4.79 Å². The maximum atomic E-state index is 11.8. The van der Waals surface area contributed by atoms with Crippen molar-refractivity contribution in [2.24, 2.45) is 0 Å². The molecule has 6 heteroatoms. The Morgan fingerprint density at radius 3 is 3.00 bits per heavy atom. The van der Waals surface area contributed by atoms with Crippen LogP contribution in [0.4, 0.5) is 0 Å². The Kier molecular flexibility index (Phi) is 4.96. The zero-order valence-corrected chi connectivity index (χ0v) is 10.8. The third-order valence-electron chi connectivity index (χ3n) is 2.94. The molecule has 17 heavy (non-hydrogen) atoms. The van der Waals surface area contributed by atoms with Gasteiger partial charge in [-0.25, -0.2) is 0 Å². The number of halogens is 1. The van der Waals surface area contributed by atoms with Crippen LogP contribution in [0, 0.1) is 6.92 Å². The molecule has 2 rings (SSSR count). The maximum Gasteiger partial charge on any atom is 0.273 e. The summed E-state index contributed by atoms with van der Waals surface area (Å²) in [4.78, 5) is 11.8. The lowest BCUT2D eigenvalue weighted by atomic mass is 10.00. The SMILES string of the molecule is Cc1cc(C(=O)NC2CCCNC2C)no1.Cl. The molecule has 2 unspecified atom stereocenters. The quantitative estimate of drug-likeness (QED) is 0.840. The molecule has 0 radical (unpaired) electrons. The van der Waals surface area contributed by atoms with Crippen molar-refractivity contribution in [2.45, 2.75) is 38.8 Å². The van der Waals surface area contributed by atoms with Crippen LogP contribution in [0.1, 0.15) is 36.0 Å². The van der Waals surface area contributed by atoms with Crippen molar-refractivity contribution in [1.82, 2.24) is 15.8 Å². The highest BCUT2D eigenvalue weighted by Gasteiger charge is 2.23. The van der Waals surface area contributed by atoms with Gasteiger partial charge in [-0.15, -0.1) is 12.4 Å². The van der Waals surface area contributed by atoms with Gasteiger partial charge in [0.05, 0.1) is 0 Å². The lowest BCUT2D eigenvalue weighted by molar-refractivity contribution is 0.0910. The Morgan fingerprint density at radius 1 is 1.65 bits per heavy atom. The van der Waals surface area contributed by atoms with E-state index in [-0.39, 0.29) is 24.4 Å². The minimum atomic E-state index is -0.155. The molecule has 0 aromatic carbocycles. The summed E-state index contributed by atoms with van der Waals surface area (Å²) in [5.74, 6) is 0.498. The van der Waals surface area contributed by atoms with E-state index >= 15 is 0 Å².